The van der Waals surface area contributed by atoms with Crippen LogP contribution in [-0.4, -0.2) is 42.8 Å². The number of carbonyl (C=O) groups excluding carboxylic acids is 1. The highest BCUT2D eigenvalue weighted by Gasteiger charge is 2.11. The summed E-state index contributed by atoms with van der Waals surface area (Å²) in [6, 6.07) is 3.30. The third-order valence-corrected chi connectivity index (χ3v) is 4.09. The van der Waals surface area contributed by atoms with Gasteiger partial charge in [-0.05, 0) is 31.9 Å². The van der Waals surface area contributed by atoms with Crippen LogP contribution >= 0.6 is 0 Å². The second-order valence-corrected chi connectivity index (χ2v) is 5.92. The molecule has 0 radical (unpaired) electrons. The van der Waals surface area contributed by atoms with Gasteiger partial charge in [0.2, 0.25) is 5.91 Å². The highest BCUT2D eigenvalue weighted by Crippen LogP contribution is 2.29. The van der Waals surface area contributed by atoms with Crippen molar-refractivity contribution in [1.29, 1.82) is 0 Å². The van der Waals surface area contributed by atoms with E-state index in [1.165, 1.54) is 25.1 Å². The maximum absolute atomic E-state index is 12.6. The first-order valence-corrected chi connectivity index (χ1v) is 8.68. The molecule has 8 heteroatoms. The number of benzene rings is 1. The van der Waals surface area contributed by atoms with Crippen molar-refractivity contribution in [1.82, 2.24) is 14.9 Å². The van der Waals surface area contributed by atoms with Gasteiger partial charge >= 0.3 is 0 Å². The minimum atomic E-state index is -0.167. The monoisotopic (exact) mass is 362 g/mol. The predicted octanol–water partition coefficient (Wildman–Crippen LogP) is 1.05. The molecule has 0 saturated carbocycles. The Bertz CT molecular complexity index is 804. The van der Waals surface area contributed by atoms with Crippen molar-refractivity contribution in [3.05, 3.63) is 28.8 Å². The second-order valence-electron chi connectivity index (χ2n) is 5.92. The molecule has 0 bridgehead atoms. The van der Waals surface area contributed by atoms with Crippen LogP contribution < -0.4 is 26.1 Å². The molecule has 2 rings (SSSR count). The van der Waals surface area contributed by atoms with Crippen LogP contribution in [0.5, 0.6) is 11.5 Å². The van der Waals surface area contributed by atoms with Gasteiger partial charge in [0.05, 0.1) is 31.4 Å². The van der Waals surface area contributed by atoms with Crippen molar-refractivity contribution in [2.45, 2.75) is 32.2 Å². The number of aryl methyl sites for hydroxylation is 1. The van der Waals surface area contributed by atoms with Gasteiger partial charge in [-0.2, -0.15) is 0 Å². The van der Waals surface area contributed by atoms with Crippen LogP contribution in [0.15, 0.2) is 23.3 Å². The molecule has 0 fully saturated rings. The molecular formula is C18H26N4O4. The van der Waals surface area contributed by atoms with Gasteiger partial charge in [0.25, 0.3) is 5.56 Å². The molecule has 26 heavy (non-hydrogen) atoms. The number of rotatable bonds is 10. The lowest BCUT2D eigenvalue weighted by molar-refractivity contribution is -0.121. The van der Waals surface area contributed by atoms with Crippen molar-refractivity contribution < 1.29 is 14.3 Å². The van der Waals surface area contributed by atoms with Gasteiger partial charge in [-0.15, -0.1) is 0 Å². The van der Waals surface area contributed by atoms with E-state index in [1.807, 2.05) is 0 Å². The summed E-state index contributed by atoms with van der Waals surface area (Å²) in [5, 5.41) is 3.30. The van der Waals surface area contributed by atoms with E-state index in [0.29, 0.717) is 54.9 Å². The number of hydrogen-bond acceptors (Lipinski definition) is 6. The average Bonchev–Trinajstić information content (AvgIpc) is 2.66. The number of aromatic nitrogens is 2. The number of ether oxygens (including phenoxy) is 2. The van der Waals surface area contributed by atoms with Crippen molar-refractivity contribution in [3.63, 3.8) is 0 Å². The van der Waals surface area contributed by atoms with Crippen LogP contribution in [0, 0.1) is 0 Å². The number of hydrogen-bond donors (Lipinski definition) is 2. The first-order chi connectivity index (χ1) is 12.6. The van der Waals surface area contributed by atoms with Gasteiger partial charge in [0.1, 0.15) is 0 Å². The van der Waals surface area contributed by atoms with E-state index in [0.717, 1.165) is 12.8 Å². The third-order valence-electron chi connectivity index (χ3n) is 4.09. The topological polar surface area (TPSA) is 108 Å². The Kier molecular flexibility index (Phi) is 7.40. The number of methoxy groups -OCH3 is 2. The maximum atomic E-state index is 12.6. The molecule has 0 atom stereocenters. The van der Waals surface area contributed by atoms with Crippen LogP contribution in [0.2, 0.25) is 0 Å². The zero-order chi connectivity index (χ0) is 18.9. The van der Waals surface area contributed by atoms with Crippen LogP contribution in [-0.2, 0) is 11.3 Å². The molecular weight excluding hydrogens is 336 g/mol. The van der Waals surface area contributed by atoms with E-state index in [9.17, 15) is 9.59 Å². The Morgan fingerprint density at radius 3 is 2.62 bits per heavy atom. The SMILES string of the molecule is COc1cc2ncn(CCCC(=O)NCCCCN)c(=O)c2cc1OC. The molecule has 0 aliphatic carbocycles. The number of fused-ring (bicyclic) bond motifs is 1. The van der Waals surface area contributed by atoms with Crippen molar-refractivity contribution in [2.24, 2.45) is 5.73 Å². The van der Waals surface area contributed by atoms with Crippen LogP contribution in [0.3, 0.4) is 0 Å². The second kappa shape index (κ2) is 9.76. The van der Waals surface area contributed by atoms with Gasteiger partial charge in [-0.25, -0.2) is 4.98 Å². The summed E-state index contributed by atoms with van der Waals surface area (Å²) in [4.78, 5) is 28.7. The first-order valence-electron chi connectivity index (χ1n) is 8.68. The lowest BCUT2D eigenvalue weighted by atomic mass is 10.2. The number of nitrogens with zero attached hydrogens (tertiary/aromatic N) is 2. The molecule has 8 nitrogen and oxygen atoms in total. The number of nitrogens with two attached hydrogens (primary N) is 1. The summed E-state index contributed by atoms with van der Waals surface area (Å²) in [6.45, 7) is 1.69. The maximum Gasteiger partial charge on any atom is 0.261 e. The Morgan fingerprint density at radius 2 is 1.92 bits per heavy atom. The highest BCUT2D eigenvalue weighted by atomic mass is 16.5. The lowest BCUT2D eigenvalue weighted by Crippen LogP contribution is -2.26. The zero-order valence-corrected chi connectivity index (χ0v) is 15.3. The van der Waals surface area contributed by atoms with E-state index in [1.54, 1.807) is 12.1 Å². The van der Waals surface area contributed by atoms with E-state index >= 15 is 0 Å². The van der Waals surface area contributed by atoms with Crippen LogP contribution in [0.1, 0.15) is 25.7 Å². The van der Waals surface area contributed by atoms with E-state index in [2.05, 4.69) is 10.3 Å². The molecule has 0 unspecified atom stereocenters. The number of nitrogens with one attached hydrogen (secondary N) is 1. The first kappa shape index (κ1) is 19.7. The molecule has 0 saturated heterocycles. The Hall–Kier alpha value is -2.61. The zero-order valence-electron chi connectivity index (χ0n) is 15.3. The van der Waals surface area contributed by atoms with Gasteiger partial charge < -0.3 is 20.5 Å². The molecule has 0 aliphatic rings. The van der Waals surface area contributed by atoms with E-state index in [4.69, 9.17) is 15.2 Å². The molecule has 1 aromatic carbocycles. The predicted molar refractivity (Wildman–Crippen MR) is 99.6 cm³/mol. The molecule has 3 N–H and O–H groups in total. The van der Waals surface area contributed by atoms with Gasteiger partial charge in [0, 0.05) is 25.6 Å². The summed E-state index contributed by atoms with van der Waals surface area (Å²) in [7, 11) is 3.05. The van der Waals surface area contributed by atoms with Gasteiger partial charge in [-0.1, -0.05) is 0 Å². The van der Waals surface area contributed by atoms with Gasteiger partial charge in [-0.3, -0.25) is 14.2 Å². The highest BCUT2D eigenvalue weighted by molar-refractivity contribution is 5.81. The molecule has 1 aromatic heterocycles. The fourth-order valence-corrected chi connectivity index (χ4v) is 2.64. The van der Waals surface area contributed by atoms with Crippen molar-refractivity contribution >= 4 is 16.8 Å². The van der Waals surface area contributed by atoms with Crippen LogP contribution in [0.4, 0.5) is 0 Å². The summed E-state index contributed by atoms with van der Waals surface area (Å²) in [5.74, 6) is 0.986. The Balaban J connectivity index is 2.01. The van der Waals surface area contributed by atoms with Crippen molar-refractivity contribution in [3.8, 4) is 11.5 Å². The largest absolute Gasteiger partial charge is 0.493 e. The number of carbonyl (C=O) groups is 1. The van der Waals surface area contributed by atoms with Crippen molar-refractivity contribution in [2.75, 3.05) is 27.3 Å². The van der Waals surface area contributed by atoms with Gasteiger partial charge in [0.15, 0.2) is 11.5 Å². The number of unbranched alkanes of at least 4 members (excludes halogenated alkanes) is 1. The summed E-state index contributed by atoms with van der Waals surface area (Å²) in [5.41, 5.74) is 5.79. The minimum absolute atomic E-state index is 0.0183. The van der Waals surface area contributed by atoms with E-state index in [-0.39, 0.29) is 11.5 Å². The normalized spacial score (nSPS) is 10.7. The smallest absolute Gasteiger partial charge is 0.261 e. The summed E-state index contributed by atoms with van der Waals surface area (Å²) >= 11 is 0. The average molecular weight is 362 g/mol. The molecule has 1 amide bonds. The Morgan fingerprint density at radius 1 is 1.19 bits per heavy atom. The summed E-state index contributed by atoms with van der Waals surface area (Å²) < 4.78 is 12.0. The molecule has 142 valence electrons. The number of amides is 1. The Labute approximate surface area is 152 Å². The van der Waals surface area contributed by atoms with E-state index < -0.39 is 0 Å². The summed E-state index contributed by atoms with van der Waals surface area (Å²) in [6.07, 6.45) is 4.19. The lowest BCUT2D eigenvalue weighted by Gasteiger charge is -2.10. The quantitative estimate of drug-likeness (QED) is 0.612. The molecule has 0 spiro atoms. The fraction of sp³-hybridized carbons (Fsp3) is 0.500. The molecule has 0 aliphatic heterocycles. The third kappa shape index (κ3) is 4.95. The minimum Gasteiger partial charge on any atom is -0.493 e. The fourth-order valence-electron chi connectivity index (χ4n) is 2.64. The standard InChI is InChI=1S/C18H26N4O4/c1-25-15-10-13-14(11-16(15)26-2)21-12-22(18(13)24)9-5-6-17(23)20-8-4-3-7-19/h10-12H,3-9,19H2,1-2H3,(H,20,23). The molecule has 2 aromatic rings. The molecule has 1 heterocycles. The van der Waals surface area contributed by atoms with Crippen LogP contribution in [0.25, 0.3) is 10.9 Å².